The minimum atomic E-state index is 0.807. The maximum atomic E-state index is 5.55. The highest BCUT2D eigenvalue weighted by Gasteiger charge is 2.03. The van der Waals surface area contributed by atoms with E-state index in [-0.39, 0.29) is 0 Å². The molecule has 0 aliphatic rings. The summed E-state index contributed by atoms with van der Waals surface area (Å²) < 4.78 is 5.55. The predicted molar refractivity (Wildman–Crippen MR) is 70.9 cm³/mol. The van der Waals surface area contributed by atoms with Crippen molar-refractivity contribution in [3.63, 3.8) is 0 Å². The third-order valence-corrected chi connectivity index (χ3v) is 2.86. The maximum absolute atomic E-state index is 5.55. The number of hydrogen-bond donors (Lipinski definition) is 1. The van der Waals surface area contributed by atoms with Gasteiger partial charge in [0.05, 0.1) is 0 Å². The van der Waals surface area contributed by atoms with E-state index in [1.54, 1.807) is 0 Å². The van der Waals surface area contributed by atoms with Crippen LogP contribution in [0.3, 0.4) is 0 Å². The first-order valence-electron chi connectivity index (χ1n) is 6.61. The molecule has 0 saturated carbocycles. The summed E-state index contributed by atoms with van der Waals surface area (Å²) in [6.07, 6.45) is 3.52. The molecule has 0 aliphatic carbocycles. The molecular weight excluding hydrogens is 200 g/mol. The van der Waals surface area contributed by atoms with Crippen molar-refractivity contribution in [2.45, 2.75) is 33.1 Å². The van der Waals surface area contributed by atoms with Gasteiger partial charge >= 0.3 is 0 Å². The summed E-state index contributed by atoms with van der Waals surface area (Å²) >= 11 is 0. The lowest BCUT2D eigenvalue weighted by Crippen LogP contribution is -2.26. The number of ether oxygens (including phenoxy) is 1. The van der Waals surface area contributed by atoms with Crippen molar-refractivity contribution in [2.75, 3.05) is 46.9 Å². The quantitative estimate of drug-likeness (QED) is 0.549. The lowest BCUT2D eigenvalue weighted by atomic mass is 10.1. The van der Waals surface area contributed by atoms with Gasteiger partial charge in [-0.3, -0.25) is 0 Å². The van der Waals surface area contributed by atoms with Gasteiger partial charge in [0.15, 0.2) is 0 Å². The minimum absolute atomic E-state index is 0.807. The van der Waals surface area contributed by atoms with Crippen LogP contribution in [-0.2, 0) is 4.74 Å². The van der Waals surface area contributed by atoms with Crippen LogP contribution >= 0.6 is 0 Å². The van der Waals surface area contributed by atoms with E-state index in [2.05, 4.69) is 31.1 Å². The average Bonchev–Trinajstić information content (AvgIpc) is 2.27. The van der Waals surface area contributed by atoms with E-state index in [9.17, 15) is 0 Å². The Balaban J connectivity index is 3.18. The molecular formula is C13H30N2O. The van der Waals surface area contributed by atoms with Gasteiger partial charge in [-0.2, -0.15) is 0 Å². The van der Waals surface area contributed by atoms with Gasteiger partial charge in [-0.25, -0.2) is 0 Å². The van der Waals surface area contributed by atoms with Gasteiger partial charge in [0.25, 0.3) is 0 Å². The molecule has 16 heavy (non-hydrogen) atoms. The standard InChI is InChI=1S/C13H30N2O/c1-5-13(2)12-15(4)9-7-11-16-10-6-8-14-3/h13-14H,5-12H2,1-4H3. The lowest BCUT2D eigenvalue weighted by Gasteiger charge is -2.20. The van der Waals surface area contributed by atoms with E-state index in [0.717, 1.165) is 45.1 Å². The summed E-state index contributed by atoms with van der Waals surface area (Å²) in [6, 6.07) is 0. The molecule has 0 radical (unpaired) electrons. The summed E-state index contributed by atoms with van der Waals surface area (Å²) in [5.41, 5.74) is 0. The molecule has 0 aromatic carbocycles. The van der Waals surface area contributed by atoms with Gasteiger partial charge in [0.2, 0.25) is 0 Å². The Morgan fingerprint density at radius 3 is 2.56 bits per heavy atom. The average molecular weight is 230 g/mol. The van der Waals surface area contributed by atoms with Crippen LogP contribution in [0.4, 0.5) is 0 Å². The molecule has 1 atom stereocenters. The topological polar surface area (TPSA) is 24.5 Å². The molecule has 0 aromatic heterocycles. The second-order valence-corrected chi connectivity index (χ2v) is 4.70. The molecule has 3 nitrogen and oxygen atoms in total. The molecule has 1 N–H and O–H groups in total. The number of nitrogens with zero attached hydrogens (tertiary/aromatic N) is 1. The minimum Gasteiger partial charge on any atom is -0.381 e. The smallest absolute Gasteiger partial charge is 0.0478 e. The summed E-state index contributed by atoms with van der Waals surface area (Å²) in [7, 11) is 4.18. The zero-order valence-corrected chi connectivity index (χ0v) is 11.6. The van der Waals surface area contributed by atoms with Crippen LogP contribution in [0.15, 0.2) is 0 Å². The van der Waals surface area contributed by atoms with Crippen LogP contribution < -0.4 is 5.32 Å². The molecule has 0 heterocycles. The zero-order valence-electron chi connectivity index (χ0n) is 11.6. The Morgan fingerprint density at radius 2 is 1.94 bits per heavy atom. The van der Waals surface area contributed by atoms with E-state index in [1.807, 2.05) is 7.05 Å². The SMILES string of the molecule is CCC(C)CN(C)CCCOCCCNC. The second kappa shape index (κ2) is 11.4. The lowest BCUT2D eigenvalue weighted by molar-refractivity contribution is 0.120. The fourth-order valence-electron chi connectivity index (χ4n) is 1.64. The number of nitrogens with one attached hydrogen (secondary N) is 1. The third kappa shape index (κ3) is 10.4. The fraction of sp³-hybridized carbons (Fsp3) is 1.00. The van der Waals surface area contributed by atoms with Crippen LogP contribution in [-0.4, -0.2) is 51.8 Å². The first kappa shape index (κ1) is 15.9. The molecule has 0 rings (SSSR count). The highest BCUT2D eigenvalue weighted by atomic mass is 16.5. The molecule has 0 fully saturated rings. The molecule has 98 valence electrons. The van der Waals surface area contributed by atoms with Crippen molar-refractivity contribution in [1.29, 1.82) is 0 Å². The Kier molecular flexibility index (Phi) is 11.3. The summed E-state index contributed by atoms with van der Waals surface area (Å²) in [5.74, 6) is 0.807. The normalized spacial score (nSPS) is 13.3. The second-order valence-electron chi connectivity index (χ2n) is 4.70. The zero-order chi connectivity index (χ0) is 12.2. The van der Waals surface area contributed by atoms with Crippen molar-refractivity contribution < 1.29 is 4.74 Å². The van der Waals surface area contributed by atoms with Crippen molar-refractivity contribution in [1.82, 2.24) is 10.2 Å². The molecule has 0 aliphatic heterocycles. The predicted octanol–water partition coefficient (Wildman–Crippen LogP) is 1.98. The molecule has 0 bridgehead atoms. The van der Waals surface area contributed by atoms with Crippen LogP contribution in [0.2, 0.25) is 0 Å². The molecule has 0 aromatic rings. The molecule has 0 spiro atoms. The number of rotatable bonds is 11. The van der Waals surface area contributed by atoms with E-state index in [0.29, 0.717) is 0 Å². The third-order valence-electron chi connectivity index (χ3n) is 2.86. The van der Waals surface area contributed by atoms with Gasteiger partial charge in [0.1, 0.15) is 0 Å². The maximum Gasteiger partial charge on any atom is 0.0478 e. The van der Waals surface area contributed by atoms with Crippen molar-refractivity contribution in [3.8, 4) is 0 Å². The first-order valence-corrected chi connectivity index (χ1v) is 6.61. The largest absolute Gasteiger partial charge is 0.381 e. The van der Waals surface area contributed by atoms with Gasteiger partial charge in [-0.1, -0.05) is 20.3 Å². The monoisotopic (exact) mass is 230 g/mol. The summed E-state index contributed by atoms with van der Waals surface area (Å²) in [5, 5.41) is 3.12. The first-order chi connectivity index (χ1) is 7.70. The molecule has 0 saturated heterocycles. The van der Waals surface area contributed by atoms with E-state index in [4.69, 9.17) is 4.74 Å². The van der Waals surface area contributed by atoms with Crippen molar-refractivity contribution in [2.24, 2.45) is 5.92 Å². The molecule has 3 heteroatoms. The molecule has 0 amide bonds. The van der Waals surface area contributed by atoms with Crippen LogP contribution in [0.5, 0.6) is 0 Å². The number of hydrogen-bond acceptors (Lipinski definition) is 3. The summed E-state index contributed by atoms with van der Waals surface area (Å²) in [6.45, 7) is 9.75. The fourth-order valence-corrected chi connectivity index (χ4v) is 1.64. The Labute approximate surface area is 102 Å². The van der Waals surface area contributed by atoms with E-state index >= 15 is 0 Å². The van der Waals surface area contributed by atoms with Gasteiger partial charge in [-0.05, 0) is 39.4 Å². The summed E-state index contributed by atoms with van der Waals surface area (Å²) in [4.78, 5) is 2.41. The Morgan fingerprint density at radius 1 is 1.25 bits per heavy atom. The van der Waals surface area contributed by atoms with Crippen LogP contribution in [0, 0.1) is 5.92 Å². The Hall–Kier alpha value is -0.120. The van der Waals surface area contributed by atoms with Gasteiger partial charge < -0.3 is 15.0 Å². The van der Waals surface area contributed by atoms with E-state index < -0.39 is 0 Å². The van der Waals surface area contributed by atoms with Gasteiger partial charge in [0, 0.05) is 26.3 Å². The highest BCUT2D eigenvalue weighted by Crippen LogP contribution is 2.02. The van der Waals surface area contributed by atoms with E-state index in [1.165, 1.54) is 13.0 Å². The van der Waals surface area contributed by atoms with Crippen LogP contribution in [0.25, 0.3) is 0 Å². The molecule has 1 unspecified atom stereocenters. The van der Waals surface area contributed by atoms with Crippen molar-refractivity contribution >= 4 is 0 Å². The van der Waals surface area contributed by atoms with Crippen molar-refractivity contribution in [3.05, 3.63) is 0 Å². The van der Waals surface area contributed by atoms with Crippen LogP contribution in [0.1, 0.15) is 33.1 Å². The Bertz CT molecular complexity index is 142. The van der Waals surface area contributed by atoms with Gasteiger partial charge in [-0.15, -0.1) is 0 Å². The highest BCUT2D eigenvalue weighted by molar-refractivity contribution is 4.57.